The number of hydrogen-bond donors (Lipinski definition) is 2. The molecule has 1 atom stereocenters. The quantitative estimate of drug-likeness (QED) is 0.576. The van der Waals surface area contributed by atoms with Gasteiger partial charge in [-0.2, -0.15) is 0 Å². The van der Waals surface area contributed by atoms with Crippen molar-refractivity contribution in [1.29, 1.82) is 0 Å². The van der Waals surface area contributed by atoms with Gasteiger partial charge in [-0.1, -0.05) is 13.8 Å². The summed E-state index contributed by atoms with van der Waals surface area (Å²) in [4.78, 5) is 0. The van der Waals surface area contributed by atoms with Crippen LogP contribution in [0.15, 0.2) is 4.42 Å². The van der Waals surface area contributed by atoms with Crippen LogP contribution in [0.1, 0.15) is 42.5 Å². The Balaban J connectivity index is 3.15. The molecule has 1 heterocycles. The predicted molar refractivity (Wildman–Crippen MR) is 57.8 cm³/mol. The maximum absolute atomic E-state index is 5.58. The fourth-order valence-corrected chi connectivity index (χ4v) is 1.88. The molecule has 1 aromatic heterocycles. The molecule has 0 aliphatic carbocycles. The molecule has 1 aromatic rings. The molecule has 80 valence electrons. The van der Waals surface area contributed by atoms with Gasteiger partial charge in [-0.05, 0) is 32.3 Å². The van der Waals surface area contributed by atoms with E-state index < -0.39 is 0 Å². The number of nitrogens with one attached hydrogen (secondary N) is 1. The first-order chi connectivity index (χ1) is 6.49. The van der Waals surface area contributed by atoms with E-state index in [0.717, 1.165) is 11.5 Å². The lowest BCUT2D eigenvalue weighted by Gasteiger charge is -2.20. The number of rotatable bonds is 3. The van der Waals surface area contributed by atoms with E-state index in [-0.39, 0.29) is 6.04 Å². The molecule has 0 fully saturated rings. The van der Waals surface area contributed by atoms with Crippen LogP contribution < -0.4 is 11.3 Å². The minimum absolute atomic E-state index is 0.174. The summed E-state index contributed by atoms with van der Waals surface area (Å²) in [6.07, 6.45) is 0. The van der Waals surface area contributed by atoms with Gasteiger partial charge in [0.25, 0.3) is 0 Å². The second kappa shape index (κ2) is 4.15. The highest BCUT2D eigenvalue weighted by Crippen LogP contribution is 2.30. The molecule has 0 spiro atoms. The molecule has 0 bridgehead atoms. The highest BCUT2D eigenvalue weighted by molar-refractivity contribution is 5.34. The Hall–Kier alpha value is -0.800. The van der Waals surface area contributed by atoms with Crippen molar-refractivity contribution in [2.24, 2.45) is 11.8 Å². The van der Waals surface area contributed by atoms with Crippen molar-refractivity contribution in [1.82, 2.24) is 5.43 Å². The number of nitrogens with two attached hydrogens (primary N) is 1. The lowest BCUT2D eigenvalue weighted by atomic mass is 9.94. The van der Waals surface area contributed by atoms with Crippen LogP contribution in [0, 0.1) is 26.7 Å². The summed E-state index contributed by atoms with van der Waals surface area (Å²) < 4.78 is 5.58. The SMILES string of the molecule is Cc1oc(C)c(C(NN)C(C)C)c1C. The van der Waals surface area contributed by atoms with Gasteiger partial charge in [0.05, 0.1) is 6.04 Å². The minimum Gasteiger partial charge on any atom is -0.466 e. The topological polar surface area (TPSA) is 51.2 Å². The third kappa shape index (κ3) is 1.83. The lowest BCUT2D eigenvalue weighted by Crippen LogP contribution is -2.32. The molecule has 1 rings (SSSR count). The van der Waals surface area contributed by atoms with Crippen LogP contribution in [-0.2, 0) is 0 Å². The van der Waals surface area contributed by atoms with E-state index in [1.54, 1.807) is 0 Å². The van der Waals surface area contributed by atoms with Crippen LogP contribution in [0.4, 0.5) is 0 Å². The second-order valence-electron chi connectivity index (χ2n) is 4.14. The number of furan rings is 1. The fraction of sp³-hybridized carbons (Fsp3) is 0.636. The molecule has 0 aliphatic rings. The van der Waals surface area contributed by atoms with Gasteiger partial charge in [0.2, 0.25) is 0 Å². The first-order valence-electron chi connectivity index (χ1n) is 5.01. The highest BCUT2D eigenvalue weighted by atomic mass is 16.3. The summed E-state index contributed by atoms with van der Waals surface area (Å²) in [5.41, 5.74) is 5.27. The van der Waals surface area contributed by atoms with E-state index in [1.165, 1.54) is 11.1 Å². The van der Waals surface area contributed by atoms with Crippen molar-refractivity contribution in [3.05, 3.63) is 22.6 Å². The smallest absolute Gasteiger partial charge is 0.106 e. The van der Waals surface area contributed by atoms with Gasteiger partial charge in [0, 0.05) is 5.56 Å². The Morgan fingerprint density at radius 2 is 1.71 bits per heavy atom. The van der Waals surface area contributed by atoms with Crippen LogP contribution in [0.3, 0.4) is 0 Å². The van der Waals surface area contributed by atoms with Gasteiger partial charge in [0.1, 0.15) is 11.5 Å². The van der Waals surface area contributed by atoms with Gasteiger partial charge >= 0.3 is 0 Å². The summed E-state index contributed by atoms with van der Waals surface area (Å²) in [5, 5.41) is 0. The second-order valence-corrected chi connectivity index (χ2v) is 4.14. The Bertz CT molecular complexity index is 315. The summed E-state index contributed by atoms with van der Waals surface area (Å²) in [7, 11) is 0. The first kappa shape index (κ1) is 11.3. The molecule has 0 aromatic carbocycles. The van der Waals surface area contributed by atoms with E-state index in [0.29, 0.717) is 5.92 Å². The van der Waals surface area contributed by atoms with Crippen LogP contribution >= 0.6 is 0 Å². The van der Waals surface area contributed by atoms with Crippen LogP contribution in [0.2, 0.25) is 0 Å². The van der Waals surface area contributed by atoms with Gasteiger partial charge in [-0.15, -0.1) is 0 Å². The minimum atomic E-state index is 0.174. The molecule has 0 amide bonds. The van der Waals surface area contributed by atoms with E-state index in [2.05, 4.69) is 26.2 Å². The van der Waals surface area contributed by atoms with Gasteiger partial charge < -0.3 is 4.42 Å². The van der Waals surface area contributed by atoms with E-state index in [9.17, 15) is 0 Å². The molecule has 3 heteroatoms. The standard InChI is InChI=1S/C11H20N2O/c1-6(2)11(13-12)10-7(3)8(4)14-9(10)5/h6,11,13H,12H2,1-5H3. The Morgan fingerprint density at radius 3 is 2.00 bits per heavy atom. The molecule has 0 aliphatic heterocycles. The molecule has 0 saturated heterocycles. The van der Waals surface area contributed by atoms with Crippen molar-refractivity contribution in [2.45, 2.75) is 40.7 Å². The zero-order chi connectivity index (χ0) is 10.9. The van der Waals surface area contributed by atoms with E-state index >= 15 is 0 Å². The molecular weight excluding hydrogens is 176 g/mol. The number of aryl methyl sites for hydroxylation is 2. The van der Waals surface area contributed by atoms with Crippen LogP contribution in [-0.4, -0.2) is 0 Å². The highest BCUT2D eigenvalue weighted by Gasteiger charge is 2.22. The molecule has 3 nitrogen and oxygen atoms in total. The Morgan fingerprint density at radius 1 is 1.14 bits per heavy atom. The molecule has 0 radical (unpaired) electrons. The molecular formula is C11H20N2O. The summed E-state index contributed by atoms with van der Waals surface area (Å²) in [6, 6.07) is 0.174. The molecule has 1 unspecified atom stereocenters. The van der Waals surface area contributed by atoms with Gasteiger partial charge in [-0.3, -0.25) is 11.3 Å². The largest absolute Gasteiger partial charge is 0.466 e. The average Bonchev–Trinajstić information content (AvgIpc) is 2.32. The third-order valence-corrected chi connectivity index (χ3v) is 2.77. The van der Waals surface area contributed by atoms with Gasteiger partial charge in [0.15, 0.2) is 0 Å². The summed E-state index contributed by atoms with van der Waals surface area (Å²) >= 11 is 0. The monoisotopic (exact) mass is 196 g/mol. The number of hydrogen-bond acceptors (Lipinski definition) is 3. The average molecular weight is 196 g/mol. The Labute approximate surface area is 85.6 Å². The first-order valence-corrected chi connectivity index (χ1v) is 5.01. The third-order valence-electron chi connectivity index (χ3n) is 2.77. The van der Waals surface area contributed by atoms with Crippen molar-refractivity contribution >= 4 is 0 Å². The van der Waals surface area contributed by atoms with E-state index in [1.807, 2.05) is 13.8 Å². The maximum Gasteiger partial charge on any atom is 0.106 e. The van der Waals surface area contributed by atoms with Crippen LogP contribution in [0.5, 0.6) is 0 Å². The summed E-state index contributed by atoms with van der Waals surface area (Å²) in [5.74, 6) is 7.97. The van der Waals surface area contributed by atoms with Gasteiger partial charge in [-0.25, -0.2) is 0 Å². The van der Waals surface area contributed by atoms with Crippen molar-refractivity contribution in [3.63, 3.8) is 0 Å². The van der Waals surface area contributed by atoms with E-state index in [4.69, 9.17) is 10.3 Å². The fourth-order valence-electron chi connectivity index (χ4n) is 1.88. The zero-order valence-corrected chi connectivity index (χ0v) is 9.64. The molecule has 14 heavy (non-hydrogen) atoms. The zero-order valence-electron chi connectivity index (χ0n) is 9.64. The van der Waals surface area contributed by atoms with Crippen molar-refractivity contribution in [3.8, 4) is 0 Å². The normalized spacial score (nSPS) is 13.6. The van der Waals surface area contributed by atoms with Crippen LogP contribution in [0.25, 0.3) is 0 Å². The summed E-state index contributed by atoms with van der Waals surface area (Å²) in [6.45, 7) is 10.3. The van der Waals surface area contributed by atoms with Crippen molar-refractivity contribution < 1.29 is 4.42 Å². The number of hydrazine groups is 1. The molecule has 3 N–H and O–H groups in total. The Kier molecular flexibility index (Phi) is 3.34. The molecule has 0 saturated carbocycles. The van der Waals surface area contributed by atoms with Crippen molar-refractivity contribution in [2.75, 3.05) is 0 Å². The predicted octanol–water partition coefficient (Wildman–Crippen LogP) is 2.37. The lowest BCUT2D eigenvalue weighted by molar-refractivity contribution is 0.409. The maximum atomic E-state index is 5.58.